The zero-order chi connectivity index (χ0) is 15.0. The first-order valence-corrected chi connectivity index (χ1v) is 7.33. The number of carbonyl (C=O) groups excluding carboxylic acids is 2. The maximum atomic E-state index is 11.6. The monoisotopic (exact) mass is 296 g/mol. The Bertz CT molecular complexity index is 444. The lowest BCUT2D eigenvalue weighted by Gasteiger charge is -2.09. The van der Waals surface area contributed by atoms with E-state index >= 15 is 0 Å². The van der Waals surface area contributed by atoms with Gasteiger partial charge in [-0.3, -0.25) is 9.59 Å². The minimum atomic E-state index is -0.0590. The van der Waals surface area contributed by atoms with Crippen LogP contribution in [0.1, 0.15) is 33.1 Å². The van der Waals surface area contributed by atoms with Gasteiger partial charge >= 0.3 is 0 Å². The SMILES string of the molecule is CC(C)C(=O)Nc1ccc(NC(=O)CCCCCl)cc1. The molecule has 2 N–H and O–H groups in total. The molecule has 0 saturated heterocycles. The molecule has 2 amide bonds. The van der Waals surface area contributed by atoms with Crippen molar-refractivity contribution in [2.75, 3.05) is 16.5 Å². The second-order valence-electron chi connectivity index (χ2n) is 4.92. The average molecular weight is 297 g/mol. The van der Waals surface area contributed by atoms with E-state index in [4.69, 9.17) is 11.6 Å². The molecular formula is C15H21ClN2O2. The molecule has 5 heteroatoms. The molecule has 4 nitrogen and oxygen atoms in total. The van der Waals surface area contributed by atoms with Gasteiger partial charge in [0.1, 0.15) is 0 Å². The normalized spacial score (nSPS) is 10.4. The molecule has 0 fully saturated rings. The van der Waals surface area contributed by atoms with Crippen LogP contribution in [0, 0.1) is 5.92 Å². The Morgan fingerprint density at radius 2 is 1.60 bits per heavy atom. The predicted molar refractivity (Wildman–Crippen MR) is 83.1 cm³/mol. The first-order chi connectivity index (χ1) is 9.52. The predicted octanol–water partition coefficient (Wildman–Crippen LogP) is 3.63. The number of unbranched alkanes of at least 4 members (excludes halogenated alkanes) is 1. The van der Waals surface area contributed by atoms with Crippen molar-refractivity contribution in [2.24, 2.45) is 5.92 Å². The third kappa shape index (κ3) is 6.06. The lowest BCUT2D eigenvalue weighted by atomic mass is 10.2. The summed E-state index contributed by atoms with van der Waals surface area (Å²) < 4.78 is 0. The first kappa shape index (κ1) is 16.5. The highest BCUT2D eigenvalue weighted by atomic mass is 35.5. The summed E-state index contributed by atoms with van der Waals surface area (Å²) in [6.45, 7) is 3.68. The Labute approximate surface area is 124 Å². The lowest BCUT2D eigenvalue weighted by molar-refractivity contribution is -0.119. The van der Waals surface area contributed by atoms with Crippen molar-refractivity contribution < 1.29 is 9.59 Å². The van der Waals surface area contributed by atoms with Gasteiger partial charge in [-0.2, -0.15) is 0 Å². The third-order valence-electron chi connectivity index (χ3n) is 2.75. The van der Waals surface area contributed by atoms with E-state index < -0.39 is 0 Å². The number of rotatable bonds is 7. The van der Waals surface area contributed by atoms with Crippen LogP contribution in [0.25, 0.3) is 0 Å². The van der Waals surface area contributed by atoms with Gasteiger partial charge in [-0.1, -0.05) is 13.8 Å². The maximum absolute atomic E-state index is 11.6. The van der Waals surface area contributed by atoms with Crippen molar-refractivity contribution in [2.45, 2.75) is 33.1 Å². The summed E-state index contributed by atoms with van der Waals surface area (Å²) in [7, 11) is 0. The lowest BCUT2D eigenvalue weighted by Crippen LogP contribution is -2.17. The molecule has 1 rings (SSSR count). The number of anilines is 2. The Morgan fingerprint density at radius 1 is 1.05 bits per heavy atom. The molecule has 110 valence electrons. The zero-order valence-electron chi connectivity index (χ0n) is 11.9. The Balaban J connectivity index is 2.46. The fourth-order valence-corrected chi connectivity index (χ4v) is 1.72. The molecule has 0 unspecified atom stereocenters. The van der Waals surface area contributed by atoms with Crippen molar-refractivity contribution in [1.29, 1.82) is 0 Å². The van der Waals surface area contributed by atoms with Crippen LogP contribution in [-0.2, 0) is 9.59 Å². The van der Waals surface area contributed by atoms with Crippen LogP contribution in [0.15, 0.2) is 24.3 Å². The summed E-state index contributed by atoms with van der Waals surface area (Å²) in [6.07, 6.45) is 2.10. The topological polar surface area (TPSA) is 58.2 Å². The van der Waals surface area contributed by atoms with E-state index in [-0.39, 0.29) is 17.7 Å². The molecule has 20 heavy (non-hydrogen) atoms. The van der Waals surface area contributed by atoms with Crippen LogP contribution in [0.3, 0.4) is 0 Å². The molecule has 0 aromatic heterocycles. The van der Waals surface area contributed by atoms with Crippen molar-refractivity contribution >= 4 is 34.8 Å². The highest BCUT2D eigenvalue weighted by Gasteiger charge is 2.07. The number of nitrogens with one attached hydrogen (secondary N) is 2. The number of amides is 2. The fraction of sp³-hybridized carbons (Fsp3) is 0.467. The van der Waals surface area contributed by atoms with E-state index in [0.29, 0.717) is 12.3 Å². The van der Waals surface area contributed by atoms with Gasteiger partial charge in [-0.25, -0.2) is 0 Å². The summed E-state index contributed by atoms with van der Waals surface area (Å²) >= 11 is 5.56. The van der Waals surface area contributed by atoms with Crippen LogP contribution in [0.4, 0.5) is 11.4 Å². The molecule has 0 aliphatic heterocycles. The van der Waals surface area contributed by atoms with Gasteiger partial charge in [0.2, 0.25) is 11.8 Å². The van der Waals surface area contributed by atoms with Crippen LogP contribution >= 0.6 is 11.6 Å². The van der Waals surface area contributed by atoms with Crippen LogP contribution in [0.5, 0.6) is 0 Å². The molecular weight excluding hydrogens is 276 g/mol. The molecule has 1 aromatic rings. The number of halogens is 1. The molecule has 0 saturated carbocycles. The van der Waals surface area contributed by atoms with Crippen LogP contribution in [0.2, 0.25) is 0 Å². The summed E-state index contributed by atoms with van der Waals surface area (Å²) in [6, 6.07) is 7.09. The number of benzene rings is 1. The summed E-state index contributed by atoms with van der Waals surface area (Å²) in [5, 5.41) is 5.61. The minimum Gasteiger partial charge on any atom is -0.326 e. The van der Waals surface area contributed by atoms with Crippen molar-refractivity contribution in [1.82, 2.24) is 0 Å². The van der Waals surface area contributed by atoms with Crippen LogP contribution in [-0.4, -0.2) is 17.7 Å². The number of carbonyl (C=O) groups is 2. The largest absolute Gasteiger partial charge is 0.326 e. The second-order valence-corrected chi connectivity index (χ2v) is 5.29. The average Bonchev–Trinajstić information content (AvgIpc) is 2.41. The summed E-state index contributed by atoms with van der Waals surface area (Å²) in [5.74, 6) is 0.477. The molecule has 0 heterocycles. The smallest absolute Gasteiger partial charge is 0.226 e. The zero-order valence-corrected chi connectivity index (χ0v) is 12.7. The fourth-order valence-electron chi connectivity index (χ4n) is 1.53. The molecule has 0 radical (unpaired) electrons. The maximum Gasteiger partial charge on any atom is 0.226 e. The van der Waals surface area contributed by atoms with E-state index in [9.17, 15) is 9.59 Å². The summed E-state index contributed by atoms with van der Waals surface area (Å²) in [5.41, 5.74) is 1.45. The highest BCUT2D eigenvalue weighted by Crippen LogP contribution is 2.15. The number of hydrogen-bond acceptors (Lipinski definition) is 2. The van der Waals surface area contributed by atoms with Gasteiger partial charge < -0.3 is 10.6 Å². The molecule has 0 spiro atoms. The Morgan fingerprint density at radius 3 is 2.10 bits per heavy atom. The van der Waals surface area contributed by atoms with E-state index in [2.05, 4.69) is 10.6 Å². The Hall–Kier alpha value is -1.55. The van der Waals surface area contributed by atoms with Gasteiger partial charge in [0.15, 0.2) is 0 Å². The van der Waals surface area contributed by atoms with Crippen molar-refractivity contribution in [3.8, 4) is 0 Å². The molecule has 0 aliphatic carbocycles. The molecule has 0 bridgehead atoms. The second kappa shape index (κ2) is 8.59. The van der Waals surface area contributed by atoms with Gasteiger partial charge in [-0.05, 0) is 37.1 Å². The molecule has 0 aliphatic rings. The van der Waals surface area contributed by atoms with E-state index in [1.54, 1.807) is 24.3 Å². The van der Waals surface area contributed by atoms with E-state index in [1.165, 1.54) is 0 Å². The minimum absolute atomic E-state index is 0.0194. The standard InChI is InChI=1S/C15H21ClN2O2/c1-11(2)15(20)18-13-8-6-12(7-9-13)17-14(19)5-3-4-10-16/h6-9,11H,3-5,10H2,1-2H3,(H,17,19)(H,18,20). The van der Waals surface area contributed by atoms with Crippen molar-refractivity contribution in [3.63, 3.8) is 0 Å². The van der Waals surface area contributed by atoms with Gasteiger partial charge in [-0.15, -0.1) is 11.6 Å². The van der Waals surface area contributed by atoms with Crippen molar-refractivity contribution in [3.05, 3.63) is 24.3 Å². The highest BCUT2D eigenvalue weighted by molar-refractivity contribution is 6.17. The first-order valence-electron chi connectivity index (χ1n) is 6.79. The van der Waals surface area contributed by atoms with Crippen LogP contribution < -0.4 is 10.6 Å². The van der Waals surface area contributed by atoms with Gasteiger partial charge in [0, 0.05) is 29.6 Å². The van der Waals surface area contributed by atoms with E-state index in [1.807, 2.05) is 13.8 Å². The van der Waals surface area contributed by atoms with E-state index in [0.717, 1.165) is 24.2 Å². The van der Waals surface area contributed by atoms with Gasteiger partial charge in [0.05, 0.1) is 0 Å². The Kier molecular flexibility index (Phi) is 7.09. The third-order valence-corrected chi connectivity index (χ3v) is 3.02. The molecule has 1 aromatic carbocycles. The molecule has 0 atom stereocenters. The number of alkyl halides is 1. The summed E-state index contributed by atoms with van der Waals surface area (Å²) in [4.78, 5) is 23.1. The van der Waals surface area contributed by atoms with Gasteiger partial charge in [0.25, 0.3) is 0 Å². The quantitative estimate of drug-likeness (QED) is 0.596. The number of hydrogen-bond donors (Lipinski definition) is 2.